The third-order valence-corrected chi connectivity index (χ3v) is 3.12. The molecular formula is C14H14O4. The maximum atomic E-state index is 12.3. The van der Waals surface area contributed by atoms with Gasteiger partial charge in [-0.2, -0.15) is 0 Å². The minimum Gasteiger partial charge on any atom is -0.496 e. The van der Waals surface area contributed by atoms with Gasteiger partial charge in [0, 0.05) is 12.8 Å². The van der Waals surface area contributed by atoms with Crippen molar-refractivity contribution >= 4 is 17.3 Å². The molecule has 0 aliphatic heterocycles. The van der Waals surface area contributed by atoms with Crippen molar-refractivity contribution in [2.75, 3.05) is 7.11 Å². The number of para-hydroxylation sites is 1. The van der Waals surface area contributed by atoms with Crippen molar-refractivity contribution < 1.29 is 19.1 Å². The normalized spacial score (nSPS) is 16.7. The number of rotatable bonds is 3. The average molecular weight is 246 g/mol. The van der Waals surface area contributed by atoms with Gasteiger partial charge in [0.2, 0.25) is 0 Å². The Morgan fingerprint density at radius 3 is 2.39 bits per heavy atom. The molecule has 0 N–H and O–H groups in total. The number of carbonyl (C=O) groups excluding carboxylic acids is 3. The fraction of sp³-hybridized carbons (Fsp3) is 0.357. The quantitative estimate of drug-likeness (QED) is 0.603. The van der Waals surface area contributed by atoms with Crippen molar-refractivity contribution in [3.8, 4) is 5.75 Å². The summed E-state index contributed by atoms with van der Waals surface area (Å²) in [7, 11) is 1.45. The van der Waals surface area contributed by atoms with Crippen LogP contribution in [0.2, 0.25) is 0 Å². The van der Waals surface area contributed by atoms with Crippen LogP contribution in [0.3, 0.4) is 0 Å². The number of carbonyl (C=O) groups is 3. The molecular weight excluding hydrogens is 232 g/mol. The largest absolute Gasteiger partial charge is 0.496 e. The molecule has 1 aliphatic carbocycles. The summed E-state index contributed by atoms with van der Waals surface area (Å²) >= 11 is 0. The van der Waals surface area contributed by atoms with Crippen molar-refractivity contribution in [1.82, 2.24) is 0 Å². The monoisotopic (exact) mass is 246 g/mol. The predicted molar refractivity (Wildman–Crippen MR) is 64.7 cm³/mol. The number of hydrogen-bond donors (Lipinski definition) is 0. The molecule has 0 amide bonds. The van der Waals surface area contributed by atoms with Gasteiger partial charge in [-0.05, 0) is 18.6 Å². The van der Waals surface area contributed by atoms with Crippen molar-refractivity contribution in [1.29, 1.82) is 0 Å². The van der Waals surface area contributed by atoms with E-state index in [1.807, 2.05) is 0 Å². The highest BCUT2D eigenvalue weighted by molar-refractivity contribution is 6.25. The van der Waals surface area contributed by atoms with Gasteiger partial charge in [-0.3, -0.25) is 14.4 Å². The Bertz CT molecular complexity index is 488. The lowest BCUT2D eigenvalue weighted by molar-refractivity contribution is -0.133. The first-order chi connectivity index (χ1) is 8.65. The third-order valence-electron chi connectivity index (χ3n) is 3.12. The van der Waals surface area contributed by atoms with Crippen molar-refractivity contribution in [2.45, 2.75) is 19.3 Å². The number of benzene rings is 1. The number of Topliss-reactive ketones (excluding diaryl/α,β-unsaturated/α-hetero) is 3. The smallest absolute Gasteiger partial charge is 0.184 e. The molecule has 0 bridgehead atoms. The average Bonchev–Trinajstić information content (AvgIpc) is 2.38. The lowest BCUT2D eigenvalue weighted by Crippen LogP contribution is -2.35. The van der Waals surface area contributed by atoms with E-state index < -0.39 is 11.7 Å². The molecule has 0 unspecified atom stereocenters. The Kier molecular flexibility index (Phi) is 3.55. The second kappa shape index (κ2) is 5.12. The fourth-order valence-corrected chi connectivity index (χ4v) is 2.20. The van der Waals surface area contributed by atoms with Gasteiger partial charge < -0.3 is 4.74 Å². The first-order valence-electron chi connectivity index (χ1n) is 5.88. The zero-order valence-corrected chi connectivity index (χ0v) is 10.1. The van der Waals surface area contributed by atoms with E-state index in [4.69, 9.17) is 4.74 Å². The van der Waals surface area contributed by atoms with Gasteiger partial charge in [0.15, 0.2) is 17.3 Å². The number of ketones is 3. The summed E-state index contributed by atoms with van der Waals surface area (Å²) in [6.07, 6.45) is 1.15. The van der Waals surface area contributed by atoms with Gasteiger partial charge in [0.1, 0.15) is 11.7 Å². The summed E-state index contributed by atoms with van der Waals surface area (Å²) in [5.41, 5.74) is 0.300. The van der Waals surface area contributed by atoms with Crippen LogP contribution in [0.1, 0.15) is 29.6 Å². The number of hydrogen-bond acceptors (Lipinski definition) is 4. The molecule has 18 heavy (non-hydrogen) atoms. The Morgan fingerprint density at radius 2 is 1.78 bits per heavy atom. The molecule has 4 heteroatoms. The zero-order chi connectivity index (χ0) is 13.1. The van der Waals surface area contributed by atoms with Crippen LogP contribution in [-0.2, 0) is 9.59 Å². The molecule has 0 saturated heterocycles. The molecule has 0 atom stereocenters. The van der Waals surface area contributed by atoms with Crippen LogP contribution in [0.25, 0.3) is 0 Å². The van der Waals surface area contributed by atoms with Gasteiger partial charge in [-0.15, -0.1) is 0 Å². The first kappa shape index (κ1) is 12.5. The fourth-order valence-electron chi connectivity index (χ4n) is 2.20. The summed E-state index contributed by atoms with van der Waals surface area (Å²) in [6.45, 7) is 0. The molecule has 0 aromatic heterocycles. The molecule has 2 rings (SSSR count). The molecule has 4 nitrogen and oxygen atoms in total. The minimum absolute atomic E-state index is 0.276. The molecule has 1 aromatic rings. The van der Waals surface area contributed by atoms with Gasteiger partial charge >= 0.3 is 0 Å². The second-order valence-corrected chi connectivity index (χ2v) is 4.28. The van der Waals surface area contributed by atoms with Crippen LogP contribution >= 0.6 is 0 Å². The van der Waals surface area contributed by atoms with Crippen LogP contribution in [0.5, 0.6) is 5.75 Å². The Labute approximate surface area is 105 Å². The highest BCUT2D eigenvalue weighted by Crippen LogP contribution is 2.26. The molecule has 1 aliphatic rings. The van der Waals surface area contributed by atoms with E-state index in [0.717, 1.165) is 0 Å². The van der Waals surface area contributed by atoms with E-state index in [9.17, 15) is 14.4 Å². The molecule has 1 saturated carbocycles. The molecule has 1 fully saturated rings. The van der Waals surface area contributed by atoms with Crippen molar-refractivity contribution in [3.05, 3.63) is 29.8 Å². The van der Waals surface area contributed by atoms with Crippen molar-refractivity contribution in [3.63, 3.8) is 0 Å². The maximum Gasteiger partial charge on any atom is 0.184 e. The van der Waals surface area contributed by atoms with E-state index in [0.29, 0.717) is 30.6 Å². The predicted octanol–water partition coefficient (Wildman–Crippen LogP) is 1.82. The van der Waals surface area contributed by atoms with Crippen LogP contribution in [0, 0.1) is 5.92 Å². The molecule has 0 radical (unpaired) electrons. The van der Waals surface area contributed by atoms with Crippen LogP contribution in [0.15, 0.2) is 24.3 Å². The van der Waals surface area contributed by atoms with Gasteiger partial charge in [0.25, 0.3) is 0 Å². The lowest BCUT2D eigenvalue weighted by atomic mass is 9.81. The lowest BCUT2D eigenvalue weighted by Gasteiger charge is -2.19. The highest BCUT2D eigenvalue weighted by Gasteiger charge is 2.37. The van der Waals surface area contributed by atoms with Crippen LogP contribution in [-0.4, -0.2) is 24.5 Å². The topological polar surface area (TPSA) is 60.4 Å². The van der Waals surface area contributed by atoms with Crippen LogP contribution < -0.4 is 4.74 Å². The summed E-state index contributed by atoms with van der Waals surface area (Å²) in [4.78, 5) is 35.8. The maximum absolute atomic E-state index is 12.3. The van der Waals surface area contributed by atoms with Gasteiger partial charge in [0.05, 0.1) is 12.7 Å². The first-order valence-corrected chi connectivity index (χ1v) is 5.88. The molecule has 0 heterocycles. The van der Waals surface area contributed by atoms with E-state index >= 15 is 0 Å². The molecule has 94 valence electrons. The second-order valence-electron chi connectivity index (χ2n) is 4.28. The summed E-state index contributed by atoms with van der Waals surface area (Å²) in [6, 6.07) is 6.65. The third kappa shape index (κ3) is 2.18. The summed E-state index contributed by atoms with van der Waals surface area (Å²) in [5.74, 6) is -1.73. The van der Waals surface area contributed by atoms with Gasteiger partial charge in [-0.25, -0.2) is 0 Å². The molecule has 1 aromatic carbocycles. The number of methoxy groups -OCH3 is 1. The van der Waals surface area contributed by atoms with E-state index in [2.05, 4.69) is 0 Å². The standard InChI is InChI=1S/C14H14O4/c1-18-12-8-3-2-5-9(12)14(17)13-10(15)6-4-7-11(13)16/h2-3,5,8,13H,4,6-7H2,1H3. The Hall–Kier alpha value is -1.97. The SMILES string of the molecule is COc1ccccc1C(=O)C1C(=O)CCCC1=O. The Morgan fingerprint density at radius 1 is 1.17 bits per heavy atom. The number of ether oxygens (including phenoxy) is 1. The van der Waals surface area contributed by atoms with E-state index in [1.54, 1.807) is 24.3 Å². The van der Waals surface area contributed by atoms with E-state index in [1.165, 1.54) is 7.11 Å². The minimum atomic E-state index is -1.13. The van der Waals surface area contributed by atoms with Gasteiger partial charge in [-0.1, -0.05) is 12.1 Å². The summed E-state index contributed by atoms with van der Waals surface area (Å²) < 4.78 is 5.08. The summed E-state index contributed by atoms with van der Waals surface area (Å²) in [5, 5.41) is 0. The highest BCUT2D eigenvalue weighted by atomic mass is 16.5. The molecule has 0 spiro atoms. The zero-order valence-electron chi connectivity index (χ0n) is 10.1. The Balaban J connectivity index is 2.35. The van der Waals surface area contributed by atoms with Crippen LogP contribution in [0.4, 0.5) is 0 Å². The van der Waals surface area contributed by atoms with E-state index in [-0.39, 0.29) is 11.6 Å². The van der Waals surface area contributed by atoms with Crippen molar-refractivity contribution in [2.24, 2.45) is 5.92 Å².